The van der Waals surface area contributed by atoms with Crippen molar-refractivity contribution in [3.8, 4) is 0 Å². The second-order valence-electron chi connectivity index (χ2n) is 7.50. The second kappa shape index (κ2) is 9.26. The molecule has 1 aliphatic carbocycles. The third-order valence-corrected chi connectivity index (χ3v) is 7.01. The first-order valence-electron chi connectivity index (χ1n) is 9.87. The molecule has 29 heavy (non-hydrogen) atoms. The largest absolute Gasteiger partial charge is 0.365 e. The highest BCUT2D eigenvalue weighted by Gasteiger charge is 2.26. The third kappa shape index (κ3) is 5.69. The fourth-order valence-electron chi connectivity index (χ4n) is 3.69. The van der Waals surface area contributed by atoms with Crippen molar-refractivity contribution in [2.24, 2.45) is 0 Å². The molecule has 0 bridgehead atoms. The van der Waals surface area contributed by atoms with E-state index < -0.39 is 9.84 Å². The molecule has 3 N–H and O–H groups in total. The average Bonchev–Trinajstić information content (AvgIpc) is 3.13. The number of aromatic amines is 1. The molecule has 3 rings (SSSR count). The van der Waals surface area contributed by atoms with E-state index in [-0.39, 0.29) is 41.0 Å². The number of amides is 2. The fourth-order valence-corrected chi connectivity index (χ4v) is 4.95. The van der Waals surface area contributed by atoms with Gasteiger partial charge in [-0.2, -0.15) is 0 Å². The van der Waals surface area contributed by atoms with Crippen molar-refractivity contribution in [1.29, 1.82) is 0 Å². The predicted octanol–water partition coefficient (Wildman–Crippen LogP) is 2.34. The van der Waals surface area contributed by atoms with Crippen LogP contribution in [0.2, 0.25) is 0 Å². The van der Waals surface area contributed by atoms with Crippen LogP contribution in [0, 0.1) is 6.92 Å². The van der Waals surface area contributed by atoms with Crippen LogP contribution in [0.25, 0.3) is 0 Å². The average molecular weight is 418 g/mol. The van der Waals surface area contributed by atoms with Crippen LogP contribution >= 0.6 is 0 Å². The van der Waals surface area contributed by atoms with Crippen molar-refractivity contribution in [1.82, 2.24) is 15.6 Å². The summed E-state index contributed by atoms with van der Waals surface area (Å²) in [7, 11) is -3.47. The van der Waals surface area contributed by atoms with E-state index in [1.807, 2.05) is 6.92 Å². The molecule has 1 heterocycles. The van der Waals surface area contributed by atoms with Crippen molar-refractivity contribution in [2.45, 2.75) is 56.0 Å². The molecule has 7 nitrogen and oxygen atoms in total. The molecule has 1 aromatic carbocycles. The maximum atomic E-state index is 12.4. The molecule has 0 aliphatic heterocycles. The van der Waals surface area contributed by atoms with Gasteiger partial charge in [-0.1, -0.05) is 18.2 Å². The highest BCUT2D eigenvalue weighted by Crippen LogP contribution is 2.20. The van der Waals surface area contributed by atoms with Crippen LogP contribution in [0.3, 0.4) is 0 Å². The van der Waals surface area contributed by atoms with Gasteiger partial charge in [0.15, 0.2) is 9.84 Å². The minimum atomic E-state index is -3.47. The highest BCUT2D eigenvalue weighted by atomic mass is 32.2. The summed E-state index contributed by atoms with van der Waals surface area (Å²) in [6.07, 6.45) is 4.89. The van der Waals surface area contributed by atoms with Crippen molar-refractivity contribution < 1.29 is 18.0 Å². The zero-order chi connectivity index (χ0) is 20.9. The summed E-state index contributed by atoms with van der Waals surface area (Å²) in [6, 6.07) is 9.83. The van der Waals surface area contributed by atoms with Gasteiger partial charge in [0.2, 0.25) is 5.91 Å². The van der Waals surface area contributed by atoms with Gasteiger partial charge in [-0.05, 0) is 50.8 Å². The summed E-state index contributed by atoms with van der Waals surface area (Å²) in [5, 5.41) is 5.97. The van der Waals surface area contributed by atoms with E-state index in [0.717, 1.165) is 25.0 Å². The molecule has 0 spiro atoms. The molecule has 2 amide bonds. The Hall–Kier alpha value is -2.61. The molecule has 0 unspecified atom stereocenters. The van der Waals surface area contributed by atoms with E-state index >= 15 is 0 Å². The Labute approximate surface area is 171 Å². The molecule has 8 heteroatoms. The van der Waals surface area contributed by atoms with E-state index in [0.29, 0.717) is 12.0 Å². The van der Waals surface area contributed by atoms with E-state index in [2.05, 4.69) is 15.6 Å². The zero-order valence-electron chi connectivity index (χ0n) is 16.5. The number of aryl methyl sites for hydroxylation is 1. The molecule has 156 valence electrons. The van der Waals surface area contributed by atoms with Crippen LogP contribution in [0.5, 0.6) is 0 Å². The van der Waals surface area contributed by atoms with Crippen LogP contribution in [-0.2, 0) is 14.6 Å². The van der Waals surface area contributed by atoms with Crippen LogP contribution < -0.4 is 10.6 Å². The summed E-state index contributed by atoms with van der Waals surface area (Å²) in [6.45, 7) is 1.85. The smallest absolute Gasteiger partial charge is 0.253 e. The Bertz CT molecular complexity index is 953. The summed E-state index contributed by atoms with van der Waals surface area (Å²) in [5.41, 5.74) is 1.45. The topological polar surface area (TPSA) is 108 Å². The van der Waals surface area contributed by atoms with Crippen molar-refractivity contribution in [3.63, 3.8) is 0 Å². The number of H-pyrrole nitrogens is 1. The molecular formula is C21H27N3O4S. The molecule has 2 aromatic rings. The standard InChI is InChI=1S/C21H27N3O4S/c1-15-19(10-12-22-15)21(26)24-17-7-5-6-16(14-17)23-20(25)11-13-29(27,28)18-8-3-2-4-9-18/h2-4,8-10,12,16-17,22H,5-7,11,13-14H2,1H3,(H,23,25)(H,24,26)/t16-,17-/m1/s1. The Morgan fingerprint density at radius 2 is 1.76 bits per heavy atom. The van der Waals surface area contributed by atoms with Crippen LogP contribution in [0.1, 0.15) is 48.2 Å². The number of sulfone groups is 1. The first kappa shape index (κ1) is 21.1. The van der Waals surface area contributed by atoms with Gasteiger partial charge in [0.25, 0.3) is 5.91 Å². The Morgan fingerprint density at radius 3 is 2.41 bits per heavy atom. The number of aromatic nitrogens is 1. The molecule has 0 saturated heterocycles. The Balaban J connectivity index is 1.48. The number of carbonyl (C=O) groups is 2. The molecule has 1 saturated carbocycles. The first-order chi connectivity index (χ1) is 13.8. The van der Waals surface area contributed by atoms with Crippen LogP contribution in [-0.4, -0.2) is 43.1 Å². The number of carbonyl (C=O) groups excluding carboxylic acids is 2. The van der Waals surface area contributed by atoms with E-state index in [4.69, 9.17) is 0 Å². The lowest BCUT2D eigenvalue weighted by Gasteiger charge is -2.30. The molecule has 2 atom stereocenters. The molecular weight excluding hydrogens is 390 g/mol. The third-order valence-electron chi connectivity index (χ3n) is 5.27. The van der Waals surface area contributed by atoms with Gasteiger partial charge in [0.05, 0.1) is 16.2 Å². The minimum absolute atomic E-state index is 0.0103. The molecule has 0 radical (unpaired) electrons. The van der Waals surface area contributed by atoms with Gasteiger partial charge < -0.3 is 15.6 Å². The van der Waals surface area contributed by atoms with E-state index in [1.54, 1.807) is 30.5 Å². The summed E-state index contributed by atoms with van der Waals surface area (Å²) in [5.74, 6) is -0.611. The predicted molar refractivity (Wildman–Crippen MR) is 110 cm³/mol. The number of benzene rings is 1. The Morgan fingerprint density at radius 1 is 1.07 bits per heavy atom. The van der Waals surface area contributed by atoms with E-state index in [9.17, 15) is 18.0 Å². The lowest BCUT2D eigenvalue weighted by atomic mass is 9.90. The number of nitrogens with one attached hydrogen (secondary N) is 3. The monoisotopic (exact) mass is 417 g/mol. The SMILES string of the molecule is Cc1[nH]ccc1C(=O)N[C@@H]1CCC[C@@H](NC(=O)CCS(=O)(=O)c2ccccc2)C1. The van der Waals surface area contributed by atoms with E-state index in [1.165, 1.54) is 12.1 Å². The highest BCUT2D eigenvalue weighted by molar-refractivity contribution is 7.91. The summed E-state index contributed by atoms with van der Waals surface area (Å²) >= 11 is 0. The van der Waals surface area contributed by atoms with Gasteiger partial charge >= 0.3 is 0 Å². The lowest BCUT2D eigenvalue weighted by Crippen LogP contribution is -2.46. The van der Waals surface area contributed by atoms with Gasteiger partial charge in [-0.3, -0.25) is 9.59 Å². The van der Waals surface area contributed by atoms with Crippen LogP contribution in [0.15, 0.2) is 47.5 Å². The zero-order valence-corrected chi connectivity index (χ0v) is 17.3. The summed E-state index contributed by atoms with van der Waals surface area (Å²) < 4.78 is 24.6. The number of hydrogen-bond acceptors (Lipinski definition) is 4. The van der Waals surface area contributed by atoms with Gasteiger partial charge in [-0.25, -0.2) is 8.42 Å². The van der Waals surface area contributed by atoms with Crippen molar-refractivity contribution >= 4 is 21.7 Å². The quantitative estimate of drug-likeness (QED) is 0.642. The number of hydrogen-bond donors (Lipinski definition) is 3. The maximum absolute atomic E-state index is 12.4. The number of rotatable bonds is 7. The van der Waals surface area contributed by atoms with Gasteiger partial charge in [0.1, 0.15) is 0 Å². The lowest BCUT2D eigenvalue weighted by molar-refractivity contribution is -0.121. The van der Waals surface area contributed by atoms with Crippen molar-refractivity contribution in [3.05, 3.63) is 53.9 Å². The van der Waals surface area contributed by atoms with Gasteiger partial charge in [-0.15, -0.1) is 0 Å². The fraction of sp³-hybridized carbons (Fsp3) is 0.429. The maximum Gasteiger partial charge on any atom is 0.253 e. The van der Waals surface area contributed by atoms with Crippen LogP contribution in [0.4, 0.5) is 0 Å². The normalized spacial score (nSPS) is 19.5. The first-order valence-corrected chi connectivity index (χ1v) is 11.5. The van der Waals surface area contributed by atoms with Crippen molar-refractivity contribution in [2.75, 3.05) is 5.75 Å². The molecule has 1 aliphatic rings. The Kier molecular flexibility index (Phi) is 6.74. The minimum Gasteiger partial charge on any atom is -0.365 e. The summed E-state index contributed by atoms with van der Waals surface area (Å²) in [4.78, 5) is 27.9. The molecule has 1 aromatic heterocycles. The van der Waals surface area contributed by atoms with Gasteiger partial charge in [0, 0.05) is 30.4 Å². The second-order valence-corrected chi connectivity index (χ2v) is 9.61. The molecule has 1 fully saturated rings.